The molecule has 2 aliphatic heterocycles. The lowest BCUT2D eigenvalue weighted by Gasteiger charge is -2.19. The van der Waals surface area contributed by atoms with Gasteiger partial charge in [0.05, 0.1) is 6.54 Å². The Hall–Kier alpha value is -2.77. The number of para-hydroxylation sites is 1. The first-order valence-electron chi connectivity index (χ1n) is 8.46. The fraction of sp³-hybridized carbons (Fsp3) is 0.471. The molecule has 0 saturated carbocycles. The van der Waals surface area contributed by atoms with Crippen molar-refractivity contribution in [3.8, 4) is 0 Å². The standard InChI is InChI=1S/C17H23N5O3/c18-16(23)15-8-14(25-21-15)10-20-17(24)19-9-12-6-7-22(11-12)13-4-2-1-3-5-13/h1-5,12,14H,6-11H2,(H2,18,23)(H2,19,20,24)/t12-,14+/m1/s1. The zero-order valence-corrected chi connectivity index (χ0v) is 14.0. The largest absolute Gasteiger partial charge is 0.390 e. The van der Waals surface area contributed by atoms with E-state index < -0.39 is 5.91 Å². The minimum atomic E-state index is -0.587. The van der Waals surface area contributed by atoms with E-state index in [4.69, 9.17) is 10.6 Å². The Labute approximate surface area is 146 Å². The molecule has 0 bridgehead atoms. The van der Waals surface area contributed by atoms with Crippen molar-refractivity contribution in [3.05, 3.63) is 30.3 Å². The Balaban J connectivity index is 1.33. The number of nitrogens with zero attached hydrogens (tertiary/aromatic N) is 2. The maximum atomic E-state index is 11.9. The number of oxime groups is 1. The second-order valence-corrected chi connectivity index (χ2v) is 6.36. The molecule has 1 fully saturated rings. The maximum absolute atomic E-state index is 11.9. The number of primary amides is 1. The molecule has 2 atom stereocenters. The van der Waals surface area contributed by atoms with Gasteiger partial charge in [0, 0.05) is 31.7 Å². The molecule has 2 heterocycles. The monoisotopic (exact) mass is 345 g/mol. The topological polar surface area (TPSA) is 109 Å². The molecular formula is C17H23N5O3. The minimum absolute atomic E-state index is 0.208. The van der Waals surface area contributed by atoms with Crippen molar-refractivity contribution < 1.29 is 14.4 Å². The van der Waals surface area contributed by atoms with Gasteiger partial charge in [0.15, 0.2) is 6.10 Å². The molecule has 0 spiro atoms. The smallest absolute Gasteiger partial charge is 0.314 e. The van der Waals surface area contributed by atoms with Crippen LogP contribution in [0.15, 0.2) is 35.5 Å². The number of hydrogen-bond donors (Lipinski definition) is 3. The van der Waals surface area contributed by atoms with E-state index in [2.05, 4.69) is 32.8 Å². The average molecular weight is 345 g/mol. The van der Waals surface area contributed by atoms with Crippen LogP contribution >= 0.6 is 0 Å². The number of amides is 3. The van der Waals surface area contributed by atoms with E-state index in [1.807, 2.05) is 18.2 Å². The normalized spacial score (nSPS) is 22.2. The van der Waals surface area contributed by atoms with Crippen LogP contribution in [0, 0.1) is 5.92 Å². The van der Waals surface area contributed by atoms with Gasteiger partial charge in [-0.2, -0.15) is 0 Å². The second kappa shape index (κ2) is 7.87. The van der Waals surface area contributed by atoms with E-state index >= 15 is 0 Å². The lowest BCUT2D eigenvalue weighted by molar-refractivity contribution is -0.112. The molecule has 8 nitrogen and oxygen atoms in total. The van der Waals surface area contributed by atoms with Gasteiger partial charge in [-0.3, -0.25) is 4.79 Å². The van der Waals surface area contributed by atoms with E-state index in [0.29, 0.717) is 18.9 Å². The fourth-order valence-electron chi connectivity index (χ4n) is 3.06. The Bertz CT molecular complexity index is 649. The van der Waals surface area contributed by atoms with Gasteiger partial charge in [-0.25, -0.2) is 4.79 Å². The highest BCUT2D eigenvalue weighted by Crippen LogP contribution is 2.22. The lowest BCUT2D eigenvalue weighted by Crippen LogP contribution is -2.42. The minimum Gasteiger partial charge on any atom is -0.390 e. The molecule has 1 aromatic rings. The van der Waals surface area contributed by atoms with Crippen LogP contribution in [0.2, 0.25) is 0 Å². The number of nitrogens with one attached hydrogen (secondary N) is 2. The summed E-state index contributed by atoms with van der Waals surface area (Å²) in [5.74, 6) is -0.158. The lowest BCUT2D eigenvalue weighted by atomic mass is 10.1. The molecule has 3 amide bonds. The molecule has 0 radical (unpaired) electrons. The SMILES string of the molecule is NC(=O)C1=NO[C@H](CNC(=O)NC[C@H]2CCN(c3ccccc3)C2)C1. The number of nitrogens with two attached hydrogens (primary N) is 1. The van der Waals surface area contributed by atoms with Gasteiger partial charge < -0.3 is 26.1 Å². The third-order valence-electron chi connectivity index (χ3n) is 4.47. The predicted molar refractivity (Wildman–Crippen MR) is 94.3 cm³/mol. The molecule has 0 aliphatic carbocycles. The van der Waals surface area contributed by atoms with Gasteiger partial charge in [-0.1, -0.05) is 23.4 Å². The van der Waals surface area contributed by atoms with Crippen molar-refractivity contribution in [1.82, 2.24) is 10.6 Å². The number of hydrogen-bond acceptors (Lipinski definition) is 5. The van der Waals surface area contributed by atoms with E-state index in [1.165, 1.54) is 5.69 Å². The van der Waals surface area contributed by atoms with Crippen LogP contribution in [-0.2, 0) is 9.63 Å². The highest BCUT2D eigenvalue weighted by Gasteiger charge is 2.25. The summed E-state index contributed by atoms with van der Waals surface area (Å²) in [5.41, 5.74) is 6.56. The molecule has 4 N–H and O–H groups in total. The predicted octanol–water partition coefficient (Wildman–Crippen LogP) is 0.442. The van der Waals surface area contributed by atoms with Crippen LogP contribution in [0.5, 0.6) is 0 Å². The molecule has 1 aromatic carbocycles. The second-order valence-electron chi connectivity index (χ2n) is 6.36. The summed E-state index contributed by atoms with van der Waals surface area (Å²) in [4.78, 5) is 30.3. The van der Waals surface area contributed by atoms with Crippen molar-refractivity contribution in [2.75, 3.05) is 31.1 Å². The summed E-state index contributed by atoms with van der Waals surface area (Å²) in [6, 6.07) is 10.0. The average Bonchev–Trinajstić information content (AvgIpc) is 3.28. The van der Waals surface area contributed by atoms with Crippen LogP contribution < -0.4 is 21.3 Å². The Kier molecular flexibility index (Phi) is 5.37. The molecule has 1 saturated heterocycles. The van der Waals surface area contributed by atoms with Crippen molar-refractivity contribution >= 4 is 23.3 Å². The Morgan fingerprint density at radius 1 is 1.24 bits per heavy atom. The molecule has 0 unspecified atom stereocenters. The molecule has 134 valence electrons. The zero-order chi connectivity index (χ0) is 17.6. The Morgan fingerprint density at radius 2 is 2.00 bits per heavy atom. The molecule has 25 heavy (non-hydrogen) atoms. The first kappa shape index (κ1) is 17.1. The van der Waals surface area contributed by atoms with E-state index in [1.54, 1.807) is 0 Å². The summed E-state index contributed by atoms with van der Waals surface area (Å²) in [5, 5.41) is 9.24. The number of benzene rings is 1. The highest BCUT2D eigenvalue weighted by atomic mass is 16.6. The number of anilines is 1. The number of rotatable bonds is 6. The first-order valence-corrected chi connectivity index (χ1v) is 8.46. The van der Waals surface area contributed by atoms with Crippen LogP contribution in [0.1, 0.15) is 12.8 Å². The van der Waals surface area contributed by atoms with Gasteiger partial charge in [0.1, 0.15) is 5.71 Å². The molecule has 0 aromatic heterocycles. The van der Waals surface area contributed by atoms with Crippen LogP contribution in [0.4, 0.5) is 10.5 Å². The van der Waals surface area contributed by atoms with Crippen molar-refractivity contribution in [2.24, 2.45) is 16.8 Å². The summed E-state index contributed by atoms with van der Waals surface area (Å²) in [7, 11) is 0. The van der Waals surface area contributed by atoms with Crippen molar-refractivity contribution in [3.63, 3.8) is 0 Å². The summed E-state index contributed by atoms with van der Waals surface area (Å²) in [6.07, 6.45) is 1.04. The quantitative estimate of drug-likeness (QED) is 0.695. The fourth-order valence-corrected chi connectivity index (χ4v) is 3.06. The van der Waals surface area contributed by atoms with Gasteiger partial charge >= 0.3 is 6.03 Å². The summed E-state index contributed by atoms with van der Waals surface area (Å²) >= 11 is 0. The van der Waals surface area contributed by atoms with Gasteiger partial charge in [0.25, 0.3) is 5.91 Å². The zero-order valence-electron chi connectivity index (χ0n) is 14.0. The van der Waals surface area contributed by atoms with E-state index in [-0.39, 0.29) is 24.4 Å². The van der Waals surface area contributed by atoms with E-state index in [0.717, 1.165) is 19.5 Å². The van der Waals surface area contributed by atoms with Crippen LogP contribution in [-0.4, -0.2) is 49.9 Å². The van der Waals surface area contributed by atoms with E-state index in [9.17, 15) is 9.59 Å². The van der Waals surface area contributed by atoms with Gasteiger partial charge in [-0.05, 0) is 24.5 Å². The highest BCUT2D eigenvalue weighted by molar-refractivity contribution is 6.38. The van der Waals surface area contributed by atoms with Crippen LogP contribution in [0.3, 0.4) is 0 Å². The molecular weight excluding hydrogens is 322 g/mol. The summed E-state index contributed by atoms with van der Waals surface area (Å²) < 4.78 is 0. The Morgan fingerprint density at radius 3 is 2.72 bits per heavy atom. The third-order valence-corrected chi connectivity index (χ3v) is 4.47. The first-order chi connectivity index (χ1) is 12.1. The molecule has 3 rings (SSSR count). The third kappa shape index (κ3) is 4.62. The molecule has 8 heteroatoms. The number of carbonyl (C=O) groups is 2. The molecule has 2 aliphatic rings. The van der Waals surface area contributed by atoms with Crippen molar-refractivity contribution in [1.29, 1.82) is 0 Å². The maximum Gasteiger partial charge on any atom is 0.314 e. The number of carbonyl (C=O) groups excluding carboxylic acids is 2. The van der Waals surface area contributed by atoms with Crippen molar-refractivity contribution in [2.45, 2.75) is 18.9 Å². The van der Waals surface area contributed by atoms with Gasteiger partial charge in [0.2, 0.25) is 0 Å². The van der Waals surface area contributed by atoms with Gasteiger partial charge in [-0.15, -0.1) is 0 Å². The number of urea groups is 1. The summed E-state index contributed by atoms with van der Waals surface area (Å²) in [6.45, 7) is 2.85. The van der Waals surface area contributed by atoms with Crippen LogP contribution in [0.25, 0.3) is 0 Å².